The number of nitrogens with one attached hydrogen (secondary N) is 1. The molecule has 0 saturated carbocycles. The average molecular weight is 180 g/mol. The van der Waals surface area contributed by atoms with Crippen molar-refractivity contribution in [3.63, 3.8) is 0 Å². The summed E-state index contributed by atoms with van der Waals surface area (Å²) in [5, 5.41) is 3.21. The molecule has 0 unspecified atom stereocenters. The highest BCUT2D eigenvalue weighted by Gasteiger charge is 2.15. The molecule has 0 atom stereocenters. The quantitative estimate of drug-likeness (QED) is 0.742. The number of rotatable bonds is 3. The van der Waals surface area contributed by atoms with Crippen molar-refractivity contribution in [2.75, 3.05) is 11.1 Å². The predicted molar refractivity (Wildman–Crippen MR) is 54.4 cm³/mol. The van der Waals surface area contributed by atoms with E-state index in [-0.39, 0.29) is 5.54 Å². The molecule has 0 aromatic carbocycles. The van der Waals surface area contributed by atoms with Crippen LogP contribution in [0.2, 0.25) is 0 Å². The summed E-state index contributed by atoms with van der Waals surface area (Å²) in [6.07, 6.45) is 2.65. The SMILES string of the molecule is CCC(C)(C)Nc1nccc(N)n1. The molecule has 0 aliphatic carbocycles. The summed E-state index contributed by atoms with van der Waals surface area (Å²) in [5.41, 5.74) is 5.54. The van der Waals surface area contributed by atoms with Gasteiger partial charge in [0, 0.05) is 11.7 Å². The largest absolute Gasteiger partial charge is 0.384 e. The maximum atomic E-state index is 5.53. The van der Waals surface area contributed by atoms with Gasteiger partial charge in [-0.3, -0.25) is 0 Å². The number of anilines is 2. The number of nitrogen functional groups attached to an aromatic ring is 1. The van der Waals surface area contributed by atoms with Gasteiger partial charge in [-0.2, -0.15) is 4.98 Å². The van der Waals surface area contributed by atoms with Crippen LogP contribution >= 0.6 is 0 Å². The van der Waals surface area contributed by atoms with Gasteiger partial charge in [0.15, 0.2) is 0 Å². The third kappa shape index (κ3) is 2.89. The van der Waals surface area contributed by atoms with E-state index < -0.39 is 0 Å². The first kappa shape index (κ1) is 9.77. The lowest BCUT2D eigenvalue weighted by atomic mass is 10.0. The lowest BCUT2D eigenvalue weighted by Crippen LogP contribution is -2.30. The van der Waals surface area contributed by atoms with Crippen LogP contribution in [0.15, 0.2) is 12.3 Å². The van der Waals surface area contributed by atoms with Crippen LogP contribution in [0.4, 0.5) is 11.8 Å². The summed E-state index contributed by atoms with van der Waals surface area (Å²) < 4.78 is 0. The summed E-state index contributed by atoms with van der Waals surface area (Å²) in [5.74, 6) is 1.08. The molecule has 72 valence electrons. The molecule has 1 rings (SSSR count). The van der Waals surface area contributed by atoms with Gasteiger partial charge < -0.3 is 11.1 Å². The van der Waals surface area contributed by atoms with E-state index in [1.165, 1.54) is 0 Å². The molecule has 0 amide bonds. The summed E-state index contributed by atoms with van der Waals surface area (Å²) in [6, 6.07) is 1.67. The maximum absolute atomic E-state index is 5.53. The van der Waals surface area contributed by atoms with Crippen LogP contribution in [-0.4, -0.2) is 15.5 Å². The molecule has 0 aliphatic heterocycles. The Hall–Kier alpha value is -1.32. The second kappa shape index (κ2) is 3.60. The Balaban J connectivity index is 2.74. The summed E-state index contributed by atoms with van der Waals surface area (Å²) in [4.78, 5) is 8.13. The van der Waals surface area contributed by atoms with Crippen molar-refractivity contribution in [1.29, 1.82) is 0 Å². The van der Waals surface area contributed by atoms with Crippen molar-refractivity contribution in [3.8, 4) is 0 Å². The van der Waals surface area contributed by atoms with Crippen molar-refractivity contribution in [3.05, 3.63) is 12.3 Å². The van der Waals surface area contributed by atoms with Crippen LogP contribution in [0.5, 0.6) is 0 Å². The van der Waals surface area contributed by atoms with Gasteiger partial charge in [0.2, 0.25) is 5.95 Å². The summed E-state index contributed by atoms with van der Waals surface area (Å²) in [7, 11) is 0. The zero-order valence-electron chi connectivity index (χ0n) is 8.33. The Labute approximate surface area is 78.6 Å². The van der Waals surface area contributed by atoms with Gasteiger partial charge in [-0.25, -0.2) is 4.98 Å². The lowest BCUT2D eigenvalue weighted by Gasteiger charge is -2.24. The molecular formula is C9H16N4. The standard InChI is InChI=1S/C9H16N4/c1-4-9(2,3)13-8-11-6-5-7(10)12-8/h5-6H,4H2,1-3H3,(H3,10,11,12,13). The van der Waals surface area contributed by atoms with Gasteiger partial charge >= 0.3 is 0 Å². The fraction of sp³-hybridized carbons (Fsp3) is 0.556. The molecule has 1 aromatic heterocycles. The predicted octanol–water partition coefficient (Wildman–Crippen LogP) is 1.66. The molecule has 0 fully saturated rings. The Kier molecular flexibility index (Phi) is 2.70. The van der Waals surface area contributed by atoms with Crippen LogP contribution in [0, 0.1) is 0 Å². The molecule has 13 heavy (non-hydrogen) atoms. The van der Waals surface area contributed by atoms with E-state index >= 15 is 0 Å². The van der Waals surface area contributed by atoms with E-state index in [2.05, 4.69) is 36.1 Å². The molecule has 0 bridgehead atoms. The molecule has 3 N–H and O–H groups in total. The molecule has 1 aromatic rings. The first-order valence-corrected chi connectivity index (χ1v) is 4.40. The van der Waals surface area contributed by atoms with Crippen LogP contribution < -0.4 is 11.1 Å². The minimum absolute atomic E-state index is 0.00773. The first-order valence-electron chi connectivity index (χ1n) is 4.40. The molecule has 1 heterocycles. The van der Waals surface area contributed by atoms with E-state index in [0.717, 1.165) is 6.42 Å². The van der Waals surface area contributed by atoms with Gasteiger partial charge in [-0.1, -0.05) is 6.92 Å². The van der Waals surface area contributed by atoms with Gasteiger partial charge in [-0.05, 0) is 26.3 Å². The third-order valence-corrected chi connectivity index (χ3v) is 2.01. The lowest BCUT2D eigenvalue weighted by molar-refractivity contribution is 0.542. The summed E-state index contributed by atoms with van der Waals surface area (Å²) in [6.45, 7) is 6.30. The van der Waals surface area contributed by atoms with Crippen molar-refractivity contribution in [2.45, 2.75) is 32.7 Å². The zero-order chi connectivity index (χ0) is 9.90. The van der Waals surface area contributed by atoms with Crippen LogP contribution in [-0.2, 0) is 0 Å². The topological polar surface area (TPSA) is 63.8 Å². The molecular weight excluding hydrogens is 164 g/mol. The number of hydrogen-bond acceptors (Lipinski definition) is 4. The highest BCUT2D eigenvalue weighted by Crippen LogP contribution is 2.14. The van der Waals surface area contributed by atoms with Gasteiger partial charge in [0.05, 0.1) is 0 Å². The fourth-order valence-electron chi connectivity index (χ4n) is 0.824. The molecule has 4 heteroatoms. The van der Waals surface area contributed by atoms with Crippen molar-refractivity contribution in [2.24, 2.45) is 0 Å². The Bertz CT molecular complexity index is 283. The molecule has 4 nitrogen and oxygen atoms in total. The fourth-order valence-corrected chi connectivity index (χ4v) is 0.824. The van der Waals surface area contributed by atoms with Gasteiger partial charge in [0.25, 0.3) is 0 Å². The van der Waals surface area contributed by atoms with E-state index in [1.807, 2.05) is 0 Å². The first-order chi connectivity index (χ1) is 6.03. The number of nitrogens with zero attached hydrogens (tertiary/aromatic N) is 2. The van der Waals surface area contributed by atoms with Crippen LogP contribution in [0.3, 0.4) is 0 Å². The normalized spacial score (nSPS) is 11.3. The van der Waals surface area contributed by atoms with E-state index in [0.29, 0.717) is 11.8 Å². The Morgan fingerprint density at radius 2 is 2.23 bits per heavy atom. The second-order valence-corrected chi connectivity index (χ2v) is 3.67. The second-order valence-electron chi connectivity index (χ2n) is 3.67. The Morgan fingerprint density at radius 1 is 1.54 bits per heavy atom. The van der Waals surface area contributed by atoms with Crippen molar-refractivity contribution >= 4 is 11.8 Å². The van der Waals surface area contributed by atoms with Gasteiger partial charge in [0.1, 0.15) is 5.82 Å². The monoisotopic (exact) mass is 180 g/mol. The number of aromatic nitrogens is 2. The molecule has 0 aliphatic rings. The van der Waals surface area contributed by atoms with E-state index in [4.69, 9.17) is 5.73 Å². The average Bonchev–Trinajstić information content (AvgIpc) is 2.03. The third-order valence-electron chi connectivity index (χ3n) is 2.01. The number of hydrogen-bond donors (Lipinski definition) is 2. The zero-order valence-corrected chi connectivity index (χ0v) is 8.33. The minimum Gasteiger partial charge on any atom is -0.384 e. The molecule has 0 spiro atoms. The van der Waals surface area contributed by atoms with E-state index in [9.17, 15) is 0 Å². The minimum atomic E-state index is 0.00773. The highest BCUT2D eigenvalue weighted by molar-refractivity contribution is 5.36. The van der Waals surface area contributed by atoms with Gasteiger partial charge in [-0.15, -0.1) is 0 Å². The highest BCUT2D eigenvalue weighted by atomic mass is 15.1. The maximum Gasteiger partial charge on any atom is 0.224 e. The molecule has 0 saturated heterocycles. The molecule has 0 radical (unpaired) electrons. The van der Waals surface area contributed by atoms with Crippen LogP contribution in [0.25, 0.3) is 0 Å². The van der Waals surface area contributed by atoms with E-state index in [1.54, 1.807) is 12.3 Å². The van der Waals surface area contributed by atoms with Crippen molar-refractivity contribution < 1.29 is 0 Å². The smallest absolute Gasteiger partial charge is 0.224 e. The van der Waals surface area contributed by atoms with Crippen molar-refractivity contribution in [1.82, 2.24) is 9.97 Å². The Morgan fingerprint density at radius 3 is 2.77 bits per heavy atom. The summed E-state index contributed by atoms with van der Waals surface area (Å²) >= 11 is 0. The number of nitrogens with two attached hydrogens (primary N) is 1. The van der Waals surface area contributed by atoms with Crippen LogP contribution in [0.1, 0.15) is 27.2 Å².